The minimum Gasteiger partial charge on any atom is -0.465 e. The van der Waals surface area contributed by atoms with E-state index < -0.39 is 5.97 Å². The largest absolute Gasteiger partial charge is 0.465 e. The number of anilines is 1. The van der Waals surface area contributed by atoms with Gasteiger partial charge in [-0.2, -0.15) is 0 Å². The van der Waals surface area contributed by atoms with E-state index in [0.717, 1.165) is 0 Å². The summed E-state index contributed by atoms with van der Waals surface area (Å²) in [7, 11) is 1.29. The van der Waals surface area contributed by atoms with E-state index in [1.807, 2.05) is 0 Å². The van der Waals surface area contributed by atoms with Crippen molar-refractivity contribution in [3.8, 4) is 0 Å². The molecule has 1 saturated heterocycles. The number of esters is 1. The fourth-order valence-electron chi connectivity index (χ4n) is 2.03. The standard InChI is InChI=1S/C12H14N2O4/c1-18-12(17)8-4-5-13-10(6-8)14-9(7-15)2-3-11(14)16/h4-6,9,15H,2-3,7H2,1H3/t9-/m0/s1. The Labute approximate surface area is 104 Å². The van der Waals surface area contributed by atoms with Gasteiger partial charge in [-0.05, 0) is 18.6 Å². The molecule has 6 nitrogen and oxygen atoms in total. The lowest BCUT2D eigenvalue weighted by Crippen LogP contribution is -2.36. The Hall–Kier alpha value is -1.95. The quantitative estimate of drug-likeness (QED) is 0.783. The van der Waals surface area contributed by atoms with Crippen molar-refractivity contribution in [3.63, 3.8) is 0 Å². The molecule has 2 rings (SSSR count). The predicted octanol–water partition coefficient (Wildman–Crippen LogP) is 0.356. The van der Waals surface area contributed by atoms with E-state index in [2.05, 4.69) is 9.72 Å². The van der Waals surface area contributed by atoms with E-state index in [-0.39, 0.29) is 18.6 Å². The summed E-state index contributed by atoms with van der Waals surface area (Å²) in [6.07, 6.45) is 2.43. The van der Waals surface area contributed by atoms with Gasteiger partial charge in [0.2, 0.25) is 5.91 Å². The van der Waals surface area contributed by atoms with Gasteiger partial charge in [0.25, 0.3) is 0 Å². The number of hydrogen-bond acceptors (Lipinski definition) is 5. The Kier molecular flexibility index (Phi) is 3.57. The Morgan fingerprint density at radius 3 is 3.11 bits per heavy atom. The first-order chi connectivity index (χ1) is 8.67. The molecular formula is C12H14N2O4. The second kappa shape index (κ2) is 5.14. The summed E-state index contributed by atoms with van der Waals surface area (Å²) in [6, 6.07) is 2.75. The third-order valence-electron chi connectivity index (χ3n) is 2.95. The summed E-state index contributed by atoms with van der Waals surface area (Å²) in [4.78, 5) is 28.7. The lowest BCUT2D eigenvalue weighted by atomic mass is 10.2. The number of ether oxygens (including phenoxy) is 1. The Morgan fingerprint density at radius 1 is 1.67 bits per heavy atom. The van der Waals surface area contributed by atoms with Gasteiger partial charge in [-0.25, -0.2) is 9.78 Å². The summed E-state index contributed by atoms with van der Waals surface area (Å²) >= 11 is 0. The van der Waals surface area contributed by atoms with Gasteiger partial charge in [0.1, 0.15) is 5.82 Å². The monoisotopic (exact) mass is 250 g/mol. The molecule has 1 aliphatic heterocycles. The number of carbonyl (C=O) groups excluding carboxylic acids is 2. The third-order valence-corrected chi connectivity index (χ3v) is 2.95. The van der Waals surface area contributed by atoms with E-state index in [4.69, 9.17) is 0 Å². The van der Waals surface area contributed by atoms with E-state index in [0.29, 0.717) is 24.2 Å². The van der Waals surface area contributed by atoms with Gasteiger partial charge in [0.05, 0.1) is 25.3 Å². The van der Waals surface area contributed by atoms with Gasteiger partial charge in [-0.3, -0.25) is 9.69 Å². The molecule has 0 bridgehead atoms. The van der Waals surface area contributed by atoms with Crippen LogP contribution in [0.3, 0.4) is 0 Å². The summed E-state index contributed by atoms with van der Waals surface area (Å²) < 4.78 is 4.61. The van der Waals surface area contributed by atoms with Crippen LogP contribution in [0.5, 0.6) is 0 Å². The van der Waals surface area contributed by atoms with E-state index in [1.165, 1.54) is 30.3 Å². The van der Waals surface area contributed by atoms with Gasteiger partial charge >= 0.3 is 5.97 Å². The molecule has 0 radical (unpaired) electrons. The molecule has 1 aliphatic rings. The minimum absolute atomic E-state index is 0.0939. The van der Waals surface area contributed by atoms with Crippen LogP contribution in [-0.4, -0.2) is 41.7 Å². The zero-order valence-electron chi connectivity index (χ0n) is 10.00. The van der Waals surface area contributed by atoms with Crippen LogP contribution >= 0.6 is 0 Å². The first-order valence-electron chi connectivity index (χ1n) is 5.64. The Bertz CT molecular complexity index is 475. The first kappa shape index (κ1) is 12.5. The predicted molar refractivity (Wildman–Crippen MR) is 63.2 cm³/mol. The molecule has 1 fully saturated rings. The highest BCUT2D eigenvalue weighted by Crippen LogP contribution is 2.25. The van der Waals surface area contributed by atoms with Crippen molar-refractivity contribution in [2.45, 2.75) is 18.9 Å². The van der Waals surface area contributed by atoms with Crippen LogP contribution in [0.4, 0.5) is 5.82 Å². The van der Waals surface area contributed by atoms with Crippen molar-refractivity contribution in [2.75, 3.05) is 18.6 Å². The van der Waals surface area contributed by atoms with Crippen molar-refractivity contribution in [3.05, 3.63) is 23.9 Å². The molecule has 1 aromatic heterocycles. The molecule has 1 amide bonds. The summed E-state index contributed by atoms with van der Waals surface area (Å²) in [5.41, 5.74) is 0.332. The van der Waals surface area contributed by atoms with Crippen LogP contribution in [0.1, 0.15) is 23.2 Å². The summed E-state index contributed by atoms with van der Waals surface area (Å²) in [5, 5.41) is 9.23. The number of methoxy groups -OCH3 is 1. The molecule has 18 heavy (non-hydrogen) atoms. The summed E-state index contributed by atoms with van der Waals surface area (Å²) in [6.45, 7) is -0.115. The second-order valence-electron chi connectivity index (χ2n) is 4.03. The van der Waals surface area contributed by atoms with E-state index >= 15 is 0 Å². The average molecular weight is 250 g/mol. The van der Waals surface area contributed by atoms with Crippen molar-refractivity contribution < 1.29 is 19.4 Å². The number of hydrogen-bond donors (Lipinski definition) is 1. The molecule has 0 saturated carbocycles. The maximum absolute atomic E-state index is 11.8. The lowest BCUT2D eigenvalue weighted by Gasteiger charge is -2.22. The maximum atomic E-state index is 11.8. The van der Waals surface area contributed by atoms with Gasteiger partial charge in [-0.1, -0.05) is 0 Å². The second-order valence-corrected chi connectivity index (χ2v) is 4.03. The van der Waals surface area contributed by atoms with Crippen LogP contribution in [-0.2, 0) is 9.53 Å². The zero-order chi connectivity index (χ0) is 13.1. The fraction of sp³-hybridized carbons (Fsp3) is 0.417. The Morgan fingerprint density at radius 2 is 2.44 bits per heavy atom. The first-order valence-corrected chi connectivity index (χ1v) is 5.64. The van der Waals surface area contributed by atoms with Gasteiger partial charge in [0.15, 0.2) is 0 Å². The smallest absolute Gasteiger partial charge is 0.338 e. The molecule has 1 atom stereocenters. The molecule has 0 spiro atoms. The number of aromatic nitrogens is 1. The topological polar surface area (TPSA) is 79.7 Å². The molecule has 0 aliphatic carbocycles. The molecule has 0 aromatic carbocycles. The number of amides is 1. The van der Waals surface area contributed by atoms with Crippen LogP contribution in [0.2, 0.25) is 0 Å². The summed E-state index contributed by atoms with van der Waals surface area (Å²) in [5.74, 6) is -0.200. The van der Waals surface area contributed by atoms with Crippen LogP contribution in [0.25, 0.3) is 0 Å². The molecule has 1 aromatic rings. The average Bonchev–Trinajstić information content (AvgIpc) is 2.79. The van der Waals surface area contributed by atoms with Crippen LogP contribution < -0.4 is 4.90 Å². The number of aliphatic hydroxyl groups is 1. The highest BCUT2D eigenvalue weighted by atomic mass is 16.5. The normalized spacial score (nSPS) is 19.1. The highest BCUT2D eigenvalue weighted by molar-refractivity contribution is 5.97. The number of pyridine rings is 1. The maximum Gasteiger partial charge on any atom is 0.338 e. The van der Waals surface area contributed by atoms with Gasteiger partial charge in [-0.15, -0.1) is 0 Å². The fourth-order valence-corrected chi connectivity index (χ4v) is 2.03. The van der Waals surface area contributed by atoms with Crippen LogP contribution in [0.15, 0.2) is 18.3 Å². The minimum atomic E-state index is -0.481. The molecule has 1 N–H and O–H groups in total. The van der Waals surface area contributed by atoms with Gasteiger partial charge < -0.3 is 9.84 Å². The van der Waals surface area contributed by atoms with Crippen LogP contribution in [0, 0.1) is 0 Å². The molecular weight excluding hydrogens is 236 g/mol. The van der Waals surface area contributed by atoms with Gasteiger partial charge in [0, 0.05) is 12.6 Å². The lowest BCUT2D eigenvalue weighted by molar-refractivity contribution is -0.117. The van der Waals surface area contributed by atoms with E-state index in [9.17, 15) is 14.7 Å². The molecule has 2 heterocycles. The highest BCUT2D eigenvalue weighted by Gasteiger charge is 2.32. The molecule has 6 heteroatoms. The Balaban J connectivity index is 2.32. The molecule has 0 unspecified atom stereocenters. The third kappa shape index (κ3) is 2.19. The van der Waals surface area contributed by atoms with Crippen molar-refractivity contribution >= 4 is 17.7 Å². The number of carbonyl (C=O) groups is 2. The number of rotatable bonds is 3. The molecule has 96 valence electrons. The number of aliphatic hydroxyl groups excluding tert-OH is 1. The van der Waals surface area contributed by atoms with E-state index in [1.54, 1.807) is 0 Å². The van der Waals surface area contributed by atoms with Crippen molar-refractivity contribution in [2.24, 2.45) is 0 Å². The zero-order valence-corrected chi connectivity index (χ0v) is 10.00. The number of nitrogens with zero attached hydrogens (tertiary/aromatic N) is 2. The van der Waals surface area contributed by atoms with Crippen molar-refractivity contribution in [1.29, 1.82) is 0 Å². The van der Waals surface area contributed by atoms with Crippen molar-refractivity contribution in [1.82, 2.24) is 4.98 Å². The SMILES string of the molecule is COC(=O)c1ccnc(N2C(=O)CC[C@H]2CO)c1.